The number of aliphatic hydroxyl groups is 1. The number of aryl methyl sites for hydroxylation is 1. The van der Waals surface area contributed by atoms with Gasteiger partial charge in [-0.25, -0.2) is 0 Å². The van der Waals surface area contributed by atoms with Crippen LogP contribution in [0.5, 0.6) is 0 Å². The molecule has 2 rings (SSSR count). The van der Waals surface area contributed by atoms with Gasteiger partial charge in [-0.1, -0.05) is 24.6 Å². The Labute approximate surface area is 88.5 Å². The van der Waals surface area contributed by atoms with E-state index in [1.165, 1.54) is 0 Å². The Balaban J connectivity index is 2.43. The number of ether oxygens (including phenoxy) is 1. The maximum atomic E-state index is 10.1. The summed E-state index contributed by atoms with van der Waals surface area (Å²) in [5, 5.41) is 10.8. The Bertz CT molecular complexity index is 345. The molecule has 0 amide bonds. The minimum absolute atomic E-state index is 0.375. The normalized spacial score (nSPS) is 19.1. The topological polar surface area (TPSA) is 29.5 Å². The summed E-state index contributed by atoms with van der Waals surface area (Å²) in [6.07, 6.45) is 0.898. The smallest absolute Gasteiger partial charge is 0.136 e. The van der Waals surface area contributed by atoms with E-state index < -0.39 is 5.60 Å². The fourth-order valence-corrected chi connectivity index (χ4v) is 1.91. The van der Waals surface area contributed by atoms with Crippen LogP contribution in [-0.2, 0) is 16.8 Å². The highest BCUT2D eigenvalue weighted by atomic mass is 35.5. The SMILES string of the molecule is CCc1ccc(Cl)cc1C1(O)COC1. The van der Waals surface area contributed by atoms with E-state index in [1.54, 1.807) is 0 Å². The van der Waals surface area contributed by atoms with Gasteiger partial charge >= 0.3 is 0 Å². The molecule has 1 aromatic rings. The maximum absolute atomic E-state index is 10.1. The summed E-state index contributed by atoms with van der Waals surface area (Å²) in [5.74, 6) is 0. The number of hydrogen-bond donors (Lipinski definition) is 1. The van der Waals surface area contributed by atoms with Crippen LogP contribution in [0.15, 0.2) is 18.2 Å². The molecule has 1 fully saturated rings. The Morgan fingerprint density at radius 3 is 2.71 bits per heavy atom. The van der Waals surface area contributed by atoms with E-state index in [1.807, 2.05) is 18.2 Å². The molecule has 0 atom stereocenters. The fourth-order valence-electron chi connectivity index (χ4n) is 1.74. The summed E-state index contributed by atoms with van der Waals surface area (Å²) in [7, 11) is 0. The van der Waals surface area contributed by atoms with Gasteiger partial charge in [-0.15, -0.1) is 0 Å². The molecule has 1 aromatic carbocycles. The van der Waals surface area contributed by atoms with Gasteiger partial charge in [0.25, 0.3) is 0 Å². The van der Waals surface area contributed by atoms with Crippen molar-refractivity contribution >= 4 is 11.6 Å². The van der Waals surface area contributed by atoms with Crippen molar-refractivity contribution in [1.82, 2.24) is 0 Å². The molecule has 1 aliphatic heterocycles. The Kier molecular flexibility index (Phi) is 2.52. The van der Waals surface area contributed by atoms with Crippen LogP contribution in [0.4, 0.5) is 0 Å². The van der Waals surface area contributed by atoms with Gasteiger partial charge in [-0.05, 0) is 29.7 Å². The quantitative estimate of drug-likeness (QED) is 0.814. The molecule has 1 saturated heterocycles. The Morgan fingerprint density at radius 1 is 1.50 bits per heavy atom. The standard InChI is InChI=1S/C11H13ClO2/c1-2-8-3-4-9(12)5-10(8)11(13)6-14-7-11/h3-5,13H,2,6-7H2,1H3. The molecule has 76 valence electrons. The number of rotatable bonds is 2. The van der Waals surface area contributed by atoms with Gasteiger partial charge in [0.2, 0.25) is 0 Å². The van der Waals surface area contributed by atoms with Crippen molar-refractivity contribution in [2.45, 2.75) is 18.9 Å². The summed E-state index contributed by atoms with van der Waals surface area (Å²) in [6, 6.07) is 5.66. The van der Waals surface area contributed by atoms with Crippen LogP contribution in [0, 0.1) is 0 Å². The zero-order chi connectivity index (χ0) is 10.2. The van der Waals surface area contributed by atoms with E-state index in [0.29, 0.717) is 18.2 Å². The van der Waals surface area contributed by atoms with Crippen LogP contribution in [0.2, 0.25) is 5.02 Å². The zero-order valence-corrected chi connectivity index (χ0v) is 8.84. The lowest BCUT2D eigenvalue weighted by atomic mass is 9.87. The van der Waals surface area contributed by atoms with Crippen LogP contribution in [0.25, 0.3) is 0 Å². The average Bonchev–Trinajstić information content (AvgIpc) is 2.14. The lowest BCUT2D eigenvalue weighted by Gasteiger charge is -2.38. The van der Waals surface area contributed by atoms with Gasteiger partial charge < -0.3 is 9.84 Å². The molecule has 1 aliphatic rings. The summed E-state index contributed by atoms with van der Waals surface area (Å²) in [6.45, 7) is 2.82. The molecule has 1 heterocycles. The molecule has 3 heteroatoms. The van der Waals surface area contributed by atoms with Crippen molar-refractivity contribution in [2.75, 3.05) is 13.2 Å². The van der Waals surface area contributed by atoms with E-state index >= 15 is 0 Å². The van der Waals surface area contributed by atoms with E-state index in [4.69, 9.17) is 16.3 Å². The first kappa shape index (κ1) is 9.97. The van der Waals surface area contributed by atoms with Crippen LogP contribution in [0.1, 0.15) is 18.1 Å². The molecule has 0 aliphatic carbocycles. The average molecular weight is 213 g/mol. The largest absolute Gasteiger partial charge is 0.380 e. The second kappa shape index (κ2) is 3.54. The molecule has 0 unspecified atom stereocenters. The van der Waals surface area contributed by atoms with Crippen molar-refractivity contribution in [3.63, 3.8) is 0 Å². The summed E-state index contributed by atoms with van der Waals surface area (Å²) in [4.78, 5) is 0. The van der Waals surface area contributed by atoms with Crippen molar-refractivity contribution in [2.24, 2.45) is 0 Å². The van der Waals surface area contributed by atoms with Crippen LogP contribution < -0.4 is 0 Å². The van der Waals surface area contributed by atoms with E-state index in [9.17, 15) is 5.11 Å². The second-order valence-corrected chi connectivity index (χ2v) is 4.12. The van der Waals surface area contributed by atoms with E-state index in [-0.39, 0.29) is 0 Å². The molecule has 1 N–H and O–H groups in total. The molecule has 0 bridgehead atoms. The lowest BCUT2D eigenvalue weighted by Crippen LogP contribution is -2.47. The van der Waals surface area contributed by atoms with Gasteiger partial charge in [-0.3, -0.25) is 0 Å². The lowest BCUT2D eigenvalue weighted by molar-refractivity contribution is -0.185. The van der Waals surface area contributed by atoms with Crippen LogP contribution >= 0.6 is 11.6 Å². The summed E-state index contributed by atoms with van der Waals surface area (Å²) >= 11 is 5.91. The zero-order valence-electron chi connectivity index (χ0n) is 8.09. The highest BCUT2D eigenvalue weighted by Gasteiger charge is 2.39. The molecule has 0 saturated carbocycles. The minimum Gasteiger partial charge on any atom is -0.380 e. The molecule has 0 aromatic heterocycles. The minimum atomic E-state index is -0.809. The molecule has 0 spiro atoms. The van der Waals surface area contributed by atoms with E-state index in [0.717, 1.165) is 17.5 Å². The van der Waals surface area contributed by atoms with Gasteiger partial charge in [0.05, 0.1) is 13.2 Å². The molecule has 2 nitrogen and oxygen atoms in total. The first-order valence-electron chi connectivity index (χ1n) is 4.75. The molecule has 14 heavy (non-hydrogen) atoms. The Hall–Kier alpha value is -0.570. The first-order valence-corrected chi connectivity index (χ1v) is 5.12. The fraction of sp³-hybridized carbons (Fsp3) is 0.455. The molecular weight excluding hydrogens is 200 g/mol. The van der Waals surface area contributed by atoms with Crippen molar-refractivity contribution in [3.05, 3.63) is 34.3 Å². The molecular formula is C11H13ClO2. The second-order valence-electron chi connectivity index (χ2n) is 3.68. The highest BCUT2D eigenvalue weighted by Crippen LogP contribution is 2.33. The van der Waals surface area contributed by atoms with Gasteiger partial charge in [0, 0.05) is 5.02 Å². The van der Waals surface area contributed by atoms with Crippen LogP contribution in [0.3, 0.4) is 0 Å². The van der Waals surface area contributed by atoms with Crippen molar-refractivity contribution in [1.29, 1.82) is 0 Å². The third kappa shape index (κ3) is 1.54. The summed E-state index contributed by atoms with van der Waals surface area (Å²) < 4.78 is 5.04. The monoisotopic (exact) mass is 212 g/mol. The third-order valence-corrected chi connectivity index (χ3v) is 2.87. The predicted molar refractivity (Wildman–Crippen MR) is 55.5 cm³/mol. The maximum Gasteiger partial charge on any atom is 0.136 e. The highest BCUT2D eigenvalue weighted by molar-refractivity contribution is 6.30. The van der Waals surface area contributed by atoms with Crippen molar-refractivity contribution < 1.29 is 9.84 Å². The predicted octanol–water partition coefficient (Wildman–Crippen LogP) is 2.12. The first-order chi connectivity index (χ1) is 6.65. The number of hydrogen-bond acceptors (Lipinski definition) is 2. The number of benzene rings is 1. The van der Waals surface area contributed by atoms with Gasteiger partial charge in [0.15, 0.2) is 0 Å². The van der Waals surface area contributed by atoms with Crippen molar-refractivity contribution in [3.8, 4) is 0 Å². The number of halogens is 1. The molecule has 0 radical (unpaired) electrons. The van der Waals surface area contributed by atoms with E-state index in [2.05, 4.69) is 6.92 Å². The third-order valence-electron chi connectivity index (χ3n) is 2.64. The Morgan fingerprint density at radius 2 is 2.21 bits per heavy atom. The van der Waals surface area contributed by atoms with Gasteiger partial charge in [0.1, 0.15) is 5.60 Å². The van der Waals surface area contributed by atoms with Gasteiger partial charge in [-0.2, -0.15) is 0 Å². The van der Waals surface area contributed by atoms with Crippen LogP contribution in [-0.4, -0.2) is 18.3 Å². The summed E-state index contributed by atoms with van der Waals surface area (Å²) in [5.41, 5.74) is 1.25.